The molecule has 3 heterocycles. The minimum Gasteiger partial charge on any atom is -0.337 e. The van der Waals surface area contributed by atoms with E-state index in [0.717, 1.165) is 40.3 Å². The average Bonchev–Trinajstić information content (AvgIpc) is 3.43. The van der Waals surface area contributed by atoms with Crippen LogP contribution in [0.25, 0.3) is 21.8 Å². The highest BCUT2D eigenvalue weighted by molar-refractivity contribution is 6.06. The summed E-state index contributed by atoms with van der Waals surface area (Å²) >= 11 is 0. The van der Waals surface area contributed by atoms with Crippen molar-refractivity contribution >= 4 is 39.2 Å². The Morgan fingerprint density at radius 2 is 2.00 bits per heavy atom. The minimum atomic E-state index is -0.00861. The Hall–Kier alpha value is -3.48. The lowest BCUT2D eigenvalue weighted by molar-refractivity contribution is 0.0731. The van der Waals surface area contributed by atoms with Crippen molar-refractivity contribution in [2.24, 2.45) is 0 Å². The van der Waals surface area contributed by atoms with Gasteiger partial charge in [0.1, 0.15) is 11.2 Å². The fourth-order valence-corrected chi connectivity index (χ4v) is 4.13. The van der Waals surface area contributed by atoms with Gasteiger partial charge in [-0.25, -0.2) is 0 Å². The second kappa shape index (κ2) is 7.16. The van der Waals surface area contributed by atoms with E-state index in [0.29, 0.717) is 17.6 Å². The van der Waals surface area contributed by atoms with Gasteiger partial charge in [-0.05, 0) is 54.6 Å². The van der Waals surface area contributed by atoms with Crippen LogP contribution in [0.3, 0.4) is 0 Å². The SMILES string of the molecule is CN(C(=O)c1nccc2cc(Nc3n[nH]c4cccnc34)ccc12)C1CCCC1. The number of hydrogen-bond acceptors (Lipinski definition) is 5. The maximum absolute atomic E-state index is 13.1. The Bertz CT molecular complexity index is 1190. The molecule has 1 fully saturated rings. The molecule has 0 spiro atoms. The van der Waals surface area contributed by atoms with Gasteiger partial charge in [-0.15, -0.1) is 0 Å². The number of hydrogen-bond donors (Lipinski definition) is 2. The molecule has 1 saturated carbocycles. The zero-order chi connectivity index (χ0) is 19.8. The Morgan fingerprint density at radius 1 is 1.14 bits per heavy atom. The summed E-state index contributed by atoms with van der Waals surface area (Å²) in [5, 5.41) is 12.4. The molecule has 2 N–H and O–H groups in total. The summed E-state index contributed by atoms with van der Waals surface area (Å²) in [5.41, 5.74) is 3.06. The normalized spacial score (nSPS) is 14.5. The van der Waals surface area contributed by atoms with Crippen molar-refractivity contribution < 1.29 is 4.79 Å². The molecule has 3 aromatic heterocycles. The van der Waals surface area contributed by atoms with E-state index in [1.807, 2.05) is 48.3 Å². The quantitative estimate of drug-likeness (QED) is 0.547. The summed E-state index contributed by atoms with van der Waals surface area (Å²) in [6.07, 6.45) is 7.98. The number of rotatable bonds is 4. The minimum absolute atomic E-state index is 0.00861. The van der Waals surface area contributed by atoms with E-state index < -0.39 is 0 Å². The van der Waals surface area contributed by atoms with E-state index in [2.05, 4.69) is 25.5 Å². The van der Waals surface area contributed by atoms with Crippen LogP contribution in [-0.4, -0.2) is 44.1 Å². The Balaban J connectivity index is 1.46. The van der Waals surface area contributed by atoms with E-state index in [4.69, 9.17) is 0 Å². The fraction of sp³-hybridized carbons (Fsp3) is 0.273. The molecule has 146 valence electrons. The van der Waals surface area contributed by atoms with Crippen molar-refractivity contribution in [1.29, 1.82) is 0 Å². The van der Waals surface area contributed by atoms with Crippen molar-refractivity contribution in [3.8, 4) is 0 Å². The lowest BCUT2D eigenvalue weighted by Crippen LogP contribution is -2.35. The highest BCUT2D eigenvalue weighted by Crippen LogP contribution is 2.28. The molecule has 1 amide bonds. The molecule has 0 unspecified atom stereocenters. The fourth-order valence-electron chi connectivity index (χ4n) is 4.13. The van der Waals surface area contributed by atoms with E-state index >= 15 is 0 Å². The van der Waals surface area contributed by atoms with Crippen LogP contribution in [0.1, 0.15) is 36.2 Å². The number of carbonyl (C=O) groups excluding carboxylic acids is 1. The highest BCUT2D eigenvalue weighted by Gasteiger charge is 2.26. The summed E-state index contributed by atoms with van der Waals surface area (Å²) in [7, 11) is 1.89. The van der Waals surface area contributed by atoms with Crippen LogP contribution < -0.4 is 5.32 Å². The van der Waals surface area contributed by atoms with Gasteiger partial charge >= 0.3 is 0 Å². The monoisotopic (exact) mass is 386 g/mol. The summed E-state index contributed by atoms with van der Waals surface area (Å²) in [6, 6.07) is 11.9. The van der Waals surface area contributed by atoms with E-state index in [1.54, 1.807) is 12.4 Å². The van der Waals surface area contributed by atoms with Crippen molar-refractivity contribution in [2.75, 3.05) is 12.4 Å². The van der Waals surface area contributed by atoms with Crippen LogP contribution in [0.15, 0.2) is 48.8 Å². The first-order valence-electron chi connectivity index (χ1n) is 9.93. The molecule has 0 bridgehead atoms. The third kappa shape index (κ3) is 3.18. The number of nitrogens with zero attached hydrogens (tertiary/aromatic N) is 4. The van der Waals surface area contributed by atoms with Gasteiger partial charge in [0, 0.05) is 36.6 Å². The summed E-state index contributed by atoms with van der Waals surface area (Å²) in [6.45, 7) is 0. The molecule has 29 heavy (non-hydrogen) atoms. The summed E-state index contributed by atoms with van der Waals surface area (Å²) < 4.78 is 0. The second-order valence-electron chi connectivity index (χ2n) is 7.55. The molecule has 0 aliphatic heterocycles. The predicted octanol–water partition coefficient (Wildman–Crippen LogP) is 4.26. The zero-order valence-electron chi connectivity index (χ0n) is 16.2. The van der Waals surface area contributed by atoms with Crippen molar-refractivity contribution in [2.45, 2.75) is 31.7 Å². The lowest BCUT2D eigenvalue weighted by Gasteiger charge is -2.24. The van der Waals surface area contributed by atoms with Crippen LogP contribution in [0.5, 0.6) is 0 Å². The maximum atomic E-state index is 13.1. The van der Waals surface area contributed by atoms with Crippen molar-refractivity contribution in [3.63, 3.8) is 0 Å². The predicted molar refractivity (Wildman–Crippen MR) is 113 cm³/mol. The van der Waals surface area contributed by atoms with Gasteiger partial charge in [-0.2, -0.15) is 5.10 Å². The number of amides is 1. The molecule has 4 aromatic rings. The summed E-state index contributed by atoms with van der Waals surface area (Å²) in [4.78, 5) is 23.7. The number of pyridine rings is 2. The lowest BCUT2D eigenvalue weighted by atomic mass is 10.1. The zero-order valence-corrected chi connectivity index (χ0v) is 16.2. The number of H-pyrrole nitrogens is 1. The smallest absolute Gasteiger partial charge is 0.273 e. The molecule has 1 aliphatic rings. The Labute approximate surface area is 168 Å². The third-order valence-electron chi connectivity index (χ3n) is 5.74. The largest absolute Gasteiger partial charge is 0.337 e. The van der Waals surface area contributed by atoms with Crippen LogP contribution in [0.2, 0.25) is 0 Å². The third-order valence-corrected chi connectivity index (χ3v) is 5.74. The van der Waals surface area contributed by atoms with Gasteiger partial charge in [0.15, 0.2) is 5.82 Å². The molecule has 1 aliphatic carbocycles. The van der Waals surface area contributed by atoms with E-state index in [-0.39, 0.29) is 5.91 Å². The van der Waals surface area contributed by atoms with Gasteiger partial charge < -0.3 is 10.2 Å². The van der Waals surface area contributed by atoms with Gasteiger partial charge in [0.05, 0.1) is 5.52 Å². The van der Waals surface area contributed by atoms with Gasteiger partial charge in [0.2, 0.25) is 0 Å². The Kier molecular flexibility index (Phi) is 4.35. The first-order valence-corrected chi connectivity index (χ1v) is 9.93. The molecule has 0 saturated heterocycles. The molecule has 0 radical (unpaired) electrons. The van der Waals surface area contributed by atoms with Crippen LogP contribution in [0, 0.1) is 0 Å². The van der Waals surface area contributed by atoms with Crippen molar-refractivity contribution in [3.05, 3.63) is 54.5 Å². The number of benzene rings is 1. The van der Waals surface area contributed by atoms with Crippen LogP contribution >= 0.6 is 0 Å². The second-order valence-corrected chi connectivity index (χ2v) is 7.55. The number of fused-ring (bicyclic) bond motifs is 2. The molecule has 7 nitrogen and oxygen atoms in total. The number of aromatic amines is 1. The van der Waals surface area contributed by atoms with Gasteiger partial charge in [0.25, 0.3) is 5.91 Å². The molecule has 7 heteroatoms. The first-order chi connectivity index (χ1) is 14.2. The number of anilines is 2. The number of aromatic nitrogens is 4. The summed E-state index contributed by atoms with van der Waals surface area (Å²) in [5.74, 6) is 0.664. The van der Waals surface area contributed by atoms with Crippen LogP contribution in [-0.2, 0) is 0 Å². The number of nitrogens with one attached hydrogen (secondary N) is 2. The first kappa shape index (κ1) is 17.6. The number of carbonyl (C=O) groups is 1. The van der Waals surface area contributed by atoms with Gasteiger partial charge in [-0.3, -0.25) is 19.9 Å². The Morgan fingerprint density at radius 3 is 2.86 bits per heavy atom. The van der Waals surface area contributed by atoms with E-state index in [9.17, 15) is 4.79 Å². The molecule has 5 rings (SSSR count). The topological polar surface area (TPSA) is 86.8 Å². The van der Waals surface area contributed by atoms with E-state index in [1.165, 1.54) is 12.8 Å². The maximum Gasteiger partial charge on any atom is 0.273 e. The molecular formula is C22H22N6O. The van der Waals surface area contributed by atoms with Gasteiger partial charge in [-0.1, -0.05) is 12.8 Å². The van der Waals surface area contributed by atoms with Crippen LogP contribution in [0.4, 0.5) is 11.5 Å². The molecular weight excluding hydrogens is 364 g/mol. The highest BCUT2D eigenvalue weighted by atomic mass is 16.2. The standard InChI is InChI=1S/C22H22N6O/c1-28(16-5-2-3-6-16)22(29)19-17-9-8-15(13-14(17)10-12-24-19)25-21-20-18(26-27-21)7-4-11-23-20/h4,7-13,16H,2-3,5-6H2,1H3,(H2,25,26,27). The average molecular weight is 386 g/mol. The molecule has 1 aromatic carbocycles. The van der Waals surface area contributed by atoms with Crippen molar-refractivity contribution in [1.82, 2.24) is 25.1 Å². The molecule has 0 atom stereocenters.